The van der Waals surface area contributed by atoms with E-state index in [1.54, 1.807) is 4.90 Å². The first-order chi connectivity index (χ1) is 6.91. The number of fused-ring (bicyclic) bond motifs is 1. The molecule has 0 saturated heterocycles. The maximum absolute atomic E-state index is 11.6. The van der Waals surface area contributed by atoms with Crippen molar-refractivity contribution in [3.63, 3.8) is 0 Å². The summed E-state index contributed by atoms with van der Waals surface area (Å²) in [6, 6.07) is 5.95. The predicted molar refractivity (Wildman–Crippen MR) is 60.8 cm³/mol. The lowest BCUT2D eigenvalue weighted by Gasteiger charge is -2.25. The summed E-state index contributed by atoms with van der Waals surface area (Å²) in [4.78, 5) is 13.3. The number of hydrogen-bond acceptors (Lipinski definition) is 2. The molecule has 0 aromatic heterocycles. The molecule has 0 saturated carbocycles. The van der Waals surface area contributed by atoms with Crippen LogP contribution in [-0.2, 0) is 16.8 Å². The van der Waals surface area contributed by atoms with Crippen molar-refractivity contribution in [1.29, 1.82) is 0 Å². The quantitative estimate of drug-likeness (QED) is 0.751. The van der Waals surface area contributed by atoms with Gasteiger partial charge in [0.15, 0.2) is 0 Å². The molecule has 1 amide bonds. The third-order valence-electron chi connectivity index (χ3n) is 2.86. The first-order valence-corrected chi connectivity index (χ1v) is 5.09. The van der Waals surface area contributed by atoms with Gasteiger partial charge in [0.2, 0.25) is 5.91 Å². The van der Waals surface area contributed by atoms with Crippen LogP contribution in [0.3, 0.4) is 0 Å². The Hall–Kier alpha value is -1.35. The number of benzene rings is 1. The van der Waals surface area contributed by atoms with Gasteiger partial charge in [0.05, 0.1) is 12.1 Å². The van der Waals surface area contributed by atoms with Gasteiger partial charge >= 0.3 is 0 Å². The zero-order valence-corrected chi connectivity index (χ0v) is 9.37. The van der Waals surface area contributed by atoms with E-state index in [0.717, 1.165) is 16.8 Å². The van der Waals surface area contributed by atoms with Gasteiger partial charge in [0.1, 0.15) is 0 Å². The fraction of sp³-hybridized carbons (Fsp3) is 0.417. The lowest BCUT2D eigenvalue weighted by molar-refractivity contribution is -0.117. The van der Waals surface area contributed by atoms with Crippen molar-refractivity contribution in [2.45, 2.75) is 25.8 Å². The summed E-state index contributed by atoms with van der Waals surface area (Å²) < 4.78 is 0. The average Bonchev–Trinajstić information content (AvgIpc) is 2.41. The van der Waals surface area contributed by atoms with Gasteiger partial charge in [-0.2, -0.15) is 0 Å². The number of anilines is 1. The van der Waals surface area contributed by atoms with Crippen molar-refractivity contribution in [3.8, 4) is 0 Å². The first kappa shape index (κ1) is 10.2. The van der Waals surface area contributed by atoms with Crippen molar-refractivity contribution in [2.24, 2.45) is 5.73 Å². The molecule has 0 fully saturated rings. The Morgan fingerprint density at radius 3 is 2.67 bits per heavy atom. The van der Waals surface area contributed by atoms with Gasteiger partial charge in [-0.3, -0.25) is 4.79 Å². The van der Waals surface area contributed by atoms with Gasteiger partial charge in [0.25, 0.3) is 0 Å². The zero-order chi connectivity index (χ0) is 11.2. The minimum atomic E-state index is -0.412. The summed E-state index contributed by atoms with van der Waals surface area (Å²) in [7, 11) is 1.81. The molecule has 1 aromatic rings. The summed E-state index contributed by atoms with van der Waals surface area (Å²) >= 11 is 0. The monoisotopic (exact) mass is 204 g/mol. The number of nitrogens with zero attached hydrogens (tertiary/aromatic N) is 1. The Kier molecular flexibility index (Phi) is 2.08. The molecule has 1 aliphatic heterocycles. The molecule has 1 heterocycles. The normalized spacial score (nSPS) is 15.7. The van der Waals surface area contributed by atoms with Gasteiger partial charge in [0, 0.05) is 12.6 Å². The Bertz CT molecular complexity index is 418. The predicted octanol–water partition coefficient (Wildman–Crippen LogP) is 1.40. The Labute approximate surface area is 89.9 Å². The van der Waals surface area contributed by atoms with E-state index in [1.165, 1.54) is 0 Å². The molecule has 0 atom stereocenters. The molecule has 2 N–H and O–H groups in total. The second kappa shape index (κ2) is 3.07. The van der Waals surface area contributed by atoms with E-state index in [-0.39, 0.29) is 5.91 Å². The summed E-state index contributed by atoms with van der Waals surface area (Å²) in [6.07, 6.45) is 0.496. The smallest absolute Gasteiger partial charge is 0.231 e. The number of rotatable bonds is 1. The number of carbonyl (C=O) groups is 1. The molecular weight excluding hydrogens is 188 g/mol. The number of nitrogens with two attached hydrogens (primary N) is 1. The lowest BCUT2D eigenvalue weighted by Crippen LogP contribution is -2.31. The van der Waals surface area contributed by atoms with Crippen LogP contribution < -0.4 is 10.6 Å². The second-order valence-corrected chi connectivity index (χ2v) is 4.66. The van der Waals surface area contributed by atoms with Crippen LogP contribution in [0.1, 0.15) is 25.0 Å². The molecule has 15 heavy (non-hydrogen) atoms. The molecule has 0 bridgehead atoms. The van der Waals surface area contributed by atoms with Crippen molar-refractivity contribution < 1.29 is 4.79 Å². The highest BCUT2D eigenvalue weighted by Crippen LogP contribution is 2.35. The van der Waals surface area contributed by atoms with Gasteiger partial charge < -0.3 is 10.6 Å². The van der Waals surface area contributed by atoms with E-state index in [4.69, 9.17) is 5.73 Å². The number of hydrogen-bond donors (Lipinski definition) is 1. The van der Waals surface area contributed by atoms with E-state index < -0.39 is 5.54 Å². The largest absolute Gasteiger partial charge is 0.322 e. The van der Waals surface area contributed by atoms with Gasteiger partial charge in [-0.1, -0.05) is 18.2 Å². The molecule has 1 aliphatic rings. The molecule has 0 spiro atoms. The second-order valence-electron chi connectivity index (χ2n) is 4.66. The topological polar surface area (TPSA) is 46.3 Å². The molecule has 3 nitrogen and oxygen atoms in total. The average molecular weight is 204 g/mol. The van der Waals surface area contributed by atoms with Gasteiger partial charge in [-0.15, -0.1) is 0 Å². The third kappa shape index (κ3) is 1.53. The van der Waals surface area contributed by atoms with E-state index in [0.29, 0.717) is 6.42 Å². The summed E-state index contributed by atoms with van der Waals surface area (Å²) in [5.74, 6) is 0.140. The van der Waals surface area contributed by atoms with Crippen LogP contribution in [0.2, 0.25) is 0 Å². The summed E-state index contributed by atoms with van der Waals surface area (Å²) in [5, 5.41) is 0. The summed E-state index contributed by atoms with van der Waals surface area (Å²) in [5.41, 5.74) is 8.80. The highest BCUT2D eigenvalue weighted by atomic mass is 16.2. The van der Waals surface area contributed by atoms with Crippen LogP contribution in [-0.4, -0.2) is 13.0 Å². The van der Waals surface area contributed by atoms with Crippen LogP contribution in [0.4, 0.5) is 5.69 Å². The van der Waals surface area contributed by atoms with E-state index in [2.05, 4.69) is 0 Å². The summed E-state index contributed by atoms with van der Waals surface area (Å²) in [6.45, 7) is 3.92. The maximum atomic E-state index is 11.6. The van der Waals surface area contributed by atoms with Crippen LogP contribution in [0.25, 0.3) is 0 Å². The van der Waals surface area contributed by atoms with Crippen LogP contribution in [0.15, 0.2) is 18.2 Å². The van der Waals surface area contributed by atoms with Crippen molar-refractivity contribution in [2.75, 3.05) is 11.9 Å². The molecule has 80 valence electrons. The van der Waals surface area contributed by atoms with E-state index >= 15 is 0 Å². The highest BCUT2D eigenvalue weighted by molar-refractivity contribution is 6.02. The van der Waals surface area contributed by atoms with Crippen molar-refractivity contribution >= 4 is 11.6 Å². The first-order valence-electron chi connectivity index (χ1n) is 5.09. The number of likely N-dealkylation sites (N-methyl/N-ethyl adjacent to an activating group) is 1. The molecule has 2 rings (SSSR count). The van der Waals surface area contributed by atoms with E-state index in [9.17, 15) is 4.79 Å². The lowest BCUT2D eigenvalue weighted by atomic mass is 9.92. The molecule has 1 aromatic carbocycles. The molecular formula is C12H16N2O. The zero-order valence-electron chi connectivity index (χ0n) is 9.37. The Balaban J connectivity index is 2.62. The maximum Gasteiger partial charge on any atom is 0.231 e. The number of carbonyl (C=O) groups excluding carboxylic acids is 1. The minimum Gasteiger partial charge on any atom is -0.322 e. The van der Waals surface area contributed by atoms with Crippen LogP contribution in [0.5, 0.6) is 0 Å². The Morgan fingerprint density at radius 1 is 1.40 bits per heavy atom. The standard InChI is InChI=1S/C12H16N2O/c1-12(2,13)9-6-4-5-8-7-10(15)14(3)11(8)9/h4-6H,7,13H2,1-3H3. The number of amides is 1. The molecule has 3 heteroatoms. The molecule has 0 aliphatic carbocycles. The van der Waals surface area contributed by atoms with Gasteiger partial charge in [-0.25, -0.2) is 0 Å². The third-order valence-corrected chi connectivity index (χ3v) is 2.86. The Morgan fingerprint density at radius 2 is 2.07 bits per heavy atom. The van der Waals surface area contributed by atoms with Crippen LogP contribution >= 0.6 is 0 Å². The minimum absolute atomic E-state index is 0.140. The SMILES string of the molecule is CN1C(=O)Cc2cccc(C(C)(C)N)c21. The van der Waals surface area contributed by atoms with Crippen molar-refractivity contribution in [3.05, 3.63) is 29.3 Å². The molecule has 0 unspecified atom stereocenters. The van der Waals surface area contributed by atoms with Crippen molar-refractivity contribution in [1.82, 2.24) is 0 Å². The fourth-order valence-electron chi connectivity index (χ4n) is 2.06. The molecule has 0 radical (unpaired) electrons. The highest BCUT2D eigenvalue weighted by Gasteiger charge is 2.30. The number of para-hydroxylation sites is 1. The van der Waals surface area contributed by atoms with Gasteiger partial charge in [-0.05, 0) is 25.0 Å². The van der Waals surface area contributed by atoms with Crippen LogP contribution in [0, 0.1) is 0 Å². The van der Waals surface area contributed by atoms with E-state index in [1.807, 2.05) is 39.1 Å². The fourth-order valence-corrected chi connectivity index (χ4v) is 2.06.